The van der Waals surface area contributed by atoms with Gasteiger partial charge in [0.2, 0.25) is 0 Å². The van der Waals surface area contributed by atoms with Gasteiger partial charge < -0.3 is 9.84 Å². The summed E-state index contributed by atoms with van der Waals surface area (Å²) in [5, 5.41) is 9.21. The van der Waals surface area contributed by atoms with Crippen LogP contribution in [0.25, 0.3) is 0 Å². The molecule has 1 aromatic carbocycles. The molecule has 0 aliphatic rings. The molecule has 0 spiro atoms. The van der Waals surface area contributed by atoms with Gasteiger partial charge in [-0.15, -0.1) is 0 Å². The van der Waals surface area contributed by atoms with Crippen LogP contribution in [0.4, 0.5) is 0 Å². The minimum Gasteiger partial charge on any atom is -0.478 e. The molecule has 21 heavy (non-hydrogen) atoms. The Morgan fingerprint density at radius 3 is 2.48 bits per heavy atom. The van der Waals surface area contributed by atoms with Crippen LogP contribution in [0, 0.1) is 5.92 Å². The summed E-state index contributed by atoms with van der Waals surface area (Å²) in [6, 6.07) is 4.41. The van der Waals surface area contributed by atoms with Crippen molar-refractivity contribution in [2.45, 2.75) is 46.1 Å². The first-order valence-electron chi connectivity index (χ1n) is 7.09. The molecule has 1 unspecified atom stereocenters. The molecule has 116 valence electrons. The minimum absolute atomic E-state index is 0.00185. The highest BCUT2D eigenvalue weighted by Crippen LogP contribution is 2.22. The number of hydrogen-bond acceptors (Lipinski definition) is 3. The second-order valence-corrected chi connectivity index (χ2v) is 5.78. The van der Waals surface area contributed by atoms with Crippen molar-refractivity contribution in [3.05, 3.63) is 34.3 Å². The van der Waals surface area contributed by atoms with Crippen molar-refractivity contribution in [1.82, 2.24) is 0 Å². The third-order valence-corrected chi connectivity index (χ3v) is 3.56. The molecule has 0 saturated heterocycles. The molecule has 0 aliphatic carbocycles. The number of carbonyl (C=O) groups is 2. The van der Waals surface area contributed by atoms with Crippen molar-refractivity contribution in [3.63, 3.8) is 0 Å². The van der Waals surface area contributed by atoms with Crippen molar-refractivity contribution in [2.75, 3.05) is 0 Å². The molecule has 0 saturated carbocycles. The zero-order chi connectivity index (χ0) is 16.0. The Kier molecular flexibility index (Phi) is 6.69. The standard InChI is InChI=1S/C16H21ClO4/c1-4-11(9-8-10(2)3)21-16(20)12-6-5-7-13(17)14(12)15(18)19/h5-7,10-11H,4,8-9H2,1-3H3,(H,18,19). The van der Waals surface area contributed by atoms with Crippen molar-refractivity contribution < 1.29 is 19.4 Å². The maximum absolute atomic E-state index is 12.2. The fourth-order valence-electron chi connectivity index (χ4n) is 1.99. The lowest BCUT2D eigenvalue weighted by Crippen LogP contribution is -2.20. The summed E-state index contributed by atoms with van der Waals surface area (Å²) < 4.78 is 5.42. The number of carbonyl (C=O) groups excluding carboxylic acids is 1. The molecule has 1 atom stereocenters. The van der Waals surface area contributed by atoms with E-state index in [1.807, 2.05) is 6.92 Å². The quantitative estimate of drug-likeness (QED) is 0.757. The van der Waals surface area contributed by atoms with E-state index < -0.39 is 11.9 Å². The van der Waals surface area contributed by atoms with Gasteiger partial charge in [-0.25, -0.2) is 9.59 Å². The van der Waals surface area contributed by atoms with Crippen molar-refractivity contribution in [1.29, 1.82) is 0 Å². The molecule has 1 N–H and O–H groups in total. The topological polar surface area (TPSA) is 63.6 Å². The third kappa shape index (κ3) is 5.05. The number of carboxylic acid groups (broad SMARTS) is 1. The van der Waals surface area contributed by atoms with Gasteiger partial charge in [0.1, 0.15) is 6.10 Å². The van der Waals surface area contributed by atoms with Crippen LogP contribution in [0.1, 0.15) is 60.7 Å². The zero-order valence-electron chi connectivity index (χ0n) is 12.6. The molecular weight excluding hydrogens is 292 g/mol. The molecule has 1 rings (SSSR count). The van der Waals surface area contributed by atoms with E-state index in [1.165, 1.54) is 12.1 Å². The average molecular weight is 313 g/mol. The molecule has 0 amide bonds. The number of carboxylic acids is 1. The van der Waals surface area contributed by atoms with Crippen LogP contribution in [0.15, 0.2) is 18.2 Å². The van der Waals surface area contributed by atoms with Gasteiger partial charge >= 0.3 is 11.9 Å². The van der Waals surface area contributed by atoms with Crippen LogP contribution in [0.3, 0.4) is 0 Å². The van der Waals surface area contributed by atoms with Gasteiger partial charge in [-0.05, 0) is 37.3 Å². The number of hydrogen-bond donors (Lipinski definition) is 1. The highest BCUT2D eigenvalue weighted by Gasteiger charge is 2.23. The maximum atomic E-state index is 12.2. The highest BCUT2D eigenvalue weighted by molar-refractivity contribution is 6.34. The second kappa shape index (κ2) is 8.03. The Bertz CT molecular complexity index is 511. The Balaban J connectivity index is 2.88. The number of esters is 1. The number of benzene rings is 1. The maximum Gasteiger partial charge on any atom is 0.339 e. The molecule has 0 heterocycles. The average Bonchev–Trinajstić information content (AvgIpc) is 2.42. The fourth-order valence-corrected chi connectivity index (χ4v) is 2.25. The summed E-state index contributed by atoms with van der Waals surface area (Å²) in [5.74, 6) is -1.34. The van der Waals surface area contributed by atoms with Gasteiger partial charge in [-0.1, -0.05) is 38.4 Å². The van der Waals surface area contributed by atoms with E-state index in [0.29, 0.717) is 12.3 Å². The largest absolute Gasteiger partial charge is 0.478 e. The Morgan fingerprint density at radius 1 is 1.29 bits per heavy atom. The number of ether oxygens (including phenoxy) is 1. The smallest absolute Gasteiger partial charge is 0.339 e. The van der Waals surface area contributed by atoms with Crippen molar-refractivity contribution >= 4 is 23.5 Å². The van der Waals surface area contributed by atoms with Gasteiger partial charge in [0.25, 0.3) is 0 Å². The minimum atomic E-state index is -1.23. The predicted molar refractivity (Wildman–Crippen MR) is 82.0 cm³/mol. The fraction of sp³-hybridized carbons (Fsp3) is 0.500. The van der Waals surface area contributed by atoms with Crippen molar-refractivity contribution in [3.8, 4) is 0 Å². The SMILES string of the molecule is CCC(CCC(C)C)OC(=O)c1cccc(Cl)c1C(=O)O. The summed E-state index contributed by atoms with van der Waals surface area (Å²) in [6.07, 6.45) is 2.21. The summed E-state index contributed by atoms with van der Waals surface area (Å²) in [6.45, 7) is 6.15. The Labute approximate surface area is 130 Å². The van der Waals surface area contributed by atoms with E-state index in [2.05, 4.69) is 13.8 Å². The lowest BCUT2D eigenvalue weighted by Gasteiger charge is -2.18. The first-order chi connectivity index (χ1) is 9.86. The molecule has 0 aromatic heterocycles. The zero-order valence-corrected chi connectivity index (χ0v) is 13.3. The highest BCUT2D eigenvalue weighted by atomic mass is 35.5. The van der Waals surface area contributed by atoms with Crippen LogP contribution in [-0.4, -0.2) is 23.1 Å². The summed E-state index contributed by atoms with van der Waals surface area (Å²) >= 11 is 5.85. The number of halogens is 1. The first kappa shape index (κ1) is 17.5. The van der Waals surface area contributed by atoms with Crippen LogP contribution < -0.4 is 0 Å². The van der Waals surface area contributed by atoms with Crippen LogP contribution in [0.2, 0.25) is 5.02 Å². The van der Waals surface area contributed by atoms with Crippen LogP contribution in [0.5, 0.6) is 0 Å². The normalized spacial score (nSPS) is 12.2. The summed E-state index contributed by atoms with van der Waals surface area (Å²) in [7, 11) is 0. The van der Waals surface area contributed by atoms with Gasteiger partial charge in [-0.3, -0.25) is 0 Å². The third-order valence-electron chi connectivity index (χ3n) is 3.24. The molecule has 0 radical (unpaired) electrons. The van der Waals surface area contributed by atoms with E-state index in [-0.39, 0.29) is 22.3 Å². The van der Waals surface area contributed by atoms with E-state index in [0.717, 1.165) is 12.8 Å². The summed E-state index contributed by atoms with van der Waals surface area (Å²) in [5.41, 5.74) is -0.208. The first-order valence-corrected chi connectivity index (χ1v) is 7.47. The lowest BCUT2D eigenvalue weighted by atomic mass is 10.0. The van der Waals surface area contributed by atoms with Gasteiger partial charge in [0.15, 0.2) is 0 Å². The molecule has 4 nitrogen and oxygen atoms in total. The second-order valence-electron chi connectivity index (χ2n) is 5.37. The Hall–Kier alpha value is -1.55. The van der Waals surface area contributed by atoms with Gasteiger partial charge in [-0.2, -0.15) is 0 Å². The molecule has 0 bridgehead atoms. The number of rotatable bonds is 7. The Morgan fingerprint density at radius 2 is 1.95 bits per heavy atom. The monoisotopic (exact) mass is 312 g/mol. The van der Waals surface area contributed by atoms with Gasteiger partial charge in [0, 0.05) is 0 Å². The van der Waals surface area contributed by atoms with E-state index in [4.69, 9.17) is 16.3 Å². The molecule has 0 aliphatic heterocycles. The van der Waals surface area contributed by atoms with Crippen LogP contribution in [-0.2, 0) is 4.74 Å². The number of aromatic carboxylic acids is 1. The summed E-state index contributed by atoms with van der Waals surface area (Å²) in [4.78, 5) is 23.4. The van der Waals surface area contributed by atoms with Gasteiger partial charge in [0.05, 0.1) is 16.1 Å². The molecule has 5 heteroatoms. The predicted octanol–water partition coefficient (Wildman–Crippen LogP) is 4.41. The van der Waals surface area contributed by atoms with Crippen LogP contribution >= 0.6 is 11.6 Å². The molecule has 0 fully saturated rings. The van der Waals surface area contributed by atoms with E-state index >= 15 is 0 Å². The van der Waals surface area contributed by atoms with Crippen molar-refractivity contribution in [2.24, 2.45) is 5.92 Å². The lowest BCUT2D eigenvalue weighted by molar-refractivity contribution is 0.0255. The van der Waals surface area contributed by atoms with E-state index in [9.17, 15) is 14.7 Å². The molecule has 1 aromatic rings. The molecular formula is C16H21ClO4. The van der Waals surface area contributed by atoms with E-state index in [1.54, 1.807) is 6.07 Å².